The van der Waals surface area contributed by atoms with Gasteiger partial charge in [-0.15, -0.1) is 0 Å². The Morgan fingerprint density at radius 1 is 1.00 bits per heavy atom. The summed E-state index contributed by atoms with van der Waals surface area (Å²) < 4.78 is 0. The Labute approximate surface area is 86.5 Å². The molecule has 0 aromatic rings. The van der Waals surface area contributed by atoms with E-state index >= 15 is 0 Å². The Balaban J connectivity index is 0. The molecule has 7 nitrogen and oxygen atoms in total. The van der Waals surface area contributed by atoms with Gasteiger partial charge in [0, 0.05) is 12.8 Å². The first-order chi connectivity index (χ1) is 7.04. The third-order valence-electron chi connectivity index (χ3n) is 1.14. The molecule has 0 aromatic carbocycles. The normalized spacial score (nSPS) is 7.33. The molecule has 0 aromatic heterocycles. The van der Waals surface area contributed by atoms with Gasteiger partial charge in [-0.05, 0) is 12.8 Å². The van der Waals surface area contributed by atoms with Gasteiger partial charge < -0.3 is 10.2 Å². The lowest BCUT2D eigenvalue weighted by Gasteiger charge is -1.92. The molecule has 0 unspecified atom stereocenters. The number of carbonyl (C=O) groups is 2. The van der Waals surface area contributed by atoms with E-state index in [-0.39, 0.29) is 12.8 Å². The fourth-order valence-corrected chi connectivity index (χ4v) is 0.577. The molecule has 0 aliphatic rings. The van der Waals surface area contributed by atoms with Gasteiger partial charge in [-0.25, -0.2) is 5.32 Å². The van der Waals surface area contributed by atoms with Crippen LogP contribution in [-0.4, -0.2) is 22.2 Å². The van der Waals surface area contributed by atoms with Crippen molar-refractivity contribution in [2.24, 2.45) is 0 Å². The molecule has 3 N–H and O–H groups in total. The fourth-order valence-electron chi connectivity index (χ4n) is 0.577. The quantitative estimate of drug-likeness (QED) is 0.338. The summed E-state index contributed by atoms with van der Waals surface area (Å²) in [5.74, 6) is -1.74. The largest absolute Gasteiger partial charge is 0.481 e. The first kappa shape index (κ1) is 15.2. The number of hydrogen-bond acceptors (Lipinski definition) is 5. The van der Waals surface area contributed by atoms with Crippen molar-refractivity contribution in [3.8, 4) is 12.4 Å². The molecule has 0 bridgehead atoms. The number of carboxylic acid groups (broad SMARTS) is 2. The van der Waals surface area contributed by atoms with Crippen LogP contribution in [0, 0.1) is 22.9 Å². The van der Waals surface area contributed by atoms with E-state index in [0.29, 0.717) is 12.8 Å². The van der Waals surface area contributed by atoms with Gasteiger partial charge in [0.15, 0.2) is 12.4 Å². The van der Waals surface area contributed by atoms with Gasteiger partial charge in [-0.3, -0.25) is 9.59 Å². The second-order valence-electron chi connectivity index (χ2n) is 2.34. The van der Waals surface area contributed by atoms with Crippen molar-refractivity contribution in [2.45, 2.75) is 25.7 Å². The zero-order valence-electron chi connectivity index (χ0n) is 7.93. The smallest absolute Gasteiger partial charge is 0.303 e. The minimum Gasteiger partial charge on any atom is -0.481 e. The molecule has 0 heterocycles. The highest BCUT2D eigenvalue weighted by molar-refractivity contribution is 5.67. The van der Waals surface area contributed by atoms with Crippen molar-refractivity contribution < 1.29 is 19.8 Å². The van der Waals surface area contributed by atoms with E-state index in [0.717, 1.165) is 0 Å². The van der Waals surface area contributed by atoms with Gasteiger partial charge in [-0.2, -0.15) is 10.5 Å². The van der Waals surface area contributed by atoms with Crippen LogP contribution in [0.3, 0.4) is 0 Å². The standard InChI is InChI=1S/C6H10O4.C2HN3/c7-5(8)3-1-2-4-6(9)10;3-1-5-2-4/h1-4H2,(H,7,8)(H,9,10);5H. The van der Waals surface area contributed by atoms with E-state index in [1.165, 1.54) is 12.4 Å². The lowest BCUT2D eigenvalue weighted by atomic mass is 10.2. The van der Waals surface area contributed by atoms with E-state index in [1.807, 2.05) is 0 Å². The van der Waals surface area contributed by atoms with E-state index in [4.69, 9.17) is 20.7 Å². The van der Waals surface area contributed by atoms with Crippen LogP contribution in [-0.2, 0) is 9.59 Å². The highest BCUT2D eigenvalue weighted by Gasteiger charge is 1.99. The van der Waals surface area contributed by atoms with Gasteiger partial charge in [0.2, 0.25) is 0 Å². The first-order valence-corrected chi connectivity index (χ1v) is 4.01. The molecule has 0 spiro atoms. The second kappa shape index (κ2) is 11.7. The molecule has 0 amide bonds. The average molecular weight is 213 g/mol. The number of hydrogen-bond donors (Lipinski definition) is 3. The van der Waals surface area contributed by atoms with Gasteiger partial charge >= 0.3 is 11.9 Å². The summed E-state index contributed by atoms with van der Waals surface area (Å²) in [5, 5.41) is 33.0. The number of unbranched alkanes of at least 4 members (excludes halogenated alkanes) is 1. The van der Waals surface area contributed by atoms with Crippen LogP contribution in [0.1, 0.15) is 25.7 Å². The predicted octanol–water partition coefficient (Wildman–Crippen LogP) is 0.254. The Morgan fingerprint density at radius 2 is 1.33 bits per heavy atom. The van der Waals surface area contributed by atoms with Crippen LogP contribution in [0.25, 0.3) is 0 Å². The summed E-state index contributed by atoms with van der Waals surface area (Å²) in [6.45, 7) is 0. The molecule has 0 aliphatic heterocycles. The lowest BCUT2D eigenvalue weighted by Crippen LogP contribution is -1.97. The van der Waals surface area contributed by atoms with Crippen LogP contribution < -0.4 is 5.32 Å². The molecule has 7 heteroatoms. The van der Waals surface area contributed by atoms with E-state index < -0.39 is 11.9 Å². The Hall–Kier alpha value is -2.28. The Kier molecular flexibility index (Phi) is 11.9. The Bertz CT molecular complexity index is 249. The van der Waals surface area contributed by atoms with Crippen molar-refractivity contribution in [1.29, 1.82) is 10.5 Å². The molecular formula is C8H11N3O4. The molecular weight excluding hydrogens is 202 g/mol. The number of carboxylic acids is 2. The summed E-state index contributed by atoms with van der Waals surface area (Å²) >= 11 is 0. The summed E-state index contributed by atoms with van der Waals surface area (Å²) in [7, 11) is 0. The highest BCUT2D eigenvalue weighted by atomic mass is 16.4. The number of nitrogens with zero attached hydrogens (tertiary/aromatic N) is 2. The van der Waals surface area contributed by atoms with Crippen LogP contribution in [0.2, 0.25) is 0 Å². The zero-order valence-corrected chi connectivity index (χ0v) is 7.93. The van der Waals surface area contributed by atoms with Gasteiger partial charge in [0.25, 0.3) is 0 Å². The zero-order chi connectivity index (χ0) is 12.1. The third kappa shape index (κ3) is 24.5. The van der Waals surface area contributed by atoms with Crippen LogP contribution in [0.15, 0.2) is 0 Å². The third-order valence-corrected chi connectivity index (χ3v) is 1.14. The van der Waals surface area contributed by atoms with Crippen LogP contribution in [0.4, 0.5) is 0 Å². The molecule has 0 atom stereocenters. The molecule has 0 aliphatic carbocycles. The molecule has 0 saturated heterocycles. The minimum atomic E-state index is -0.870. The number of nitriles is 2. The first-order valence-electron chi connectivity index (χ1n) is 4.01. The topological polar surface area (TPSA) is 134 Å². The number of aliphatic carboxylic acids is 2. The van der Waals surface area contributed by atoms with Crippen molar-refractivity contribution in [2.75, 3.05) is 0 Å². The molecule has 0 radical (unpaired) electrons. The maximum absolute atomic E-state index is 9.90. The van der Waals surface area contributed by atoms with E-state index in [2.05, 4.69) is 0 Å². The Morgan fingerprint density at radius 3 is 1.47 bits per heavy atom. The summed E-state index contributed by atoms with van der Waals surface area (Å²) in [6, 6.07) is 0. The van der Waals surface area contributed by atoms with Gasteiger partial charge in [0.1, 0.15) is 0 Å². The van der Waals surface area contributed by atoms with Gasteiger partial charge in [-0.1, -0.05) is 0 Å². The predicted molar refractivity (Wildman–Crippen MR) is 48.1 cm³/mol. The molecule has 0 rings (SSSR count). The SMILES string of the molecule is N#CNC#N.O=C(O)CCCCC(=O)O. The lowest BCUT2D eigenvalue weighted by molar-refractivity contribution is -0.139. The highest BCUT2D eigenvalue weighted by Crippen LogP contribution is 1.98. The minimum absolute atomic E-state index is 0.0628. The summed E-state index contributed by atoms with van der Waals surface area (Å²) in [5.41, 5.74) is 0. The number of nitrogens with one attached hydrogen (secondary N) is 1. The second-order valence-corrected chi connectivity index (χ2v) is 2.34. The van der Waals surface area contributed by atoms with E-state index in [9.17, 15) is 9.59 Å². The maximum Gasteiger partial charge on any atom is 0.303 e. The van der Waals surface area contributed by atoms with E-state index in [1.54, 1.807) is 5.32 Å². The van der Waals surface area contributed by atoms with Crippen LogP contribution >= 0.6 is 0 Å². The molecule has 15 heavy (non-hydrogen) atoms. The number of rotatable bonds is 5. The monoisotopic (exact) mass is 213 g/mol. The van der Waals surface area contributed by atoms with Gasteiger partial charge in [0.05, 0.1) is 0 Å². The fraction of sp³-hybridized carbons (Fsp3) is 0.500. The van der Waals surface area contributed by atoms with Crippen molar-refractivity contribution >= 4 is 11.9 Å². The molecule has 0 saturated carbocycles. The van der Waals surface area contributed by atoms with Crippen molar-refractivity contribution in [1.82, 2.24) is 5.32 Å². The summed E-state index contributed by atoms with van der Waals surface area (Å²) in [4.78, 5) is 19.8. The molecule has 0 fully saturated rings. The maximum atomic E-state index is 9.90. The van der Waals surface area contributed by atoms with Crippen molar-refractivity contribution in [3.63, 3.8) is 0 Å². The van der Waals surface area contributed by atoms with Crippen molar-refractivity contribution in [3.05, 3.63) is 0 Å². The summed E-state index contributed by atoms with van der Waals surface area (Å²) in [6.07, 6.45) is 3.83. The average Bonchev–Trinajstić information content (AvgIpc) is 2.14. The molecule has 82 valence electrons. The van der Waals surface area contributed by atoms with Crippen LogP contribution in [0.5, 0.6) is 0 Å².